The largest absolute Gasteiger partial charge is 0.496 e. The Morgan fingerprint density at radius 2 is 1.62 bits per heavy atom. The number of nitrogens with zero attached hydrogens (tertiary/aromatic N) is 5. The molecule has 0 saturated carbocycles. The first-order valence-electron chi connectivity index (χ1n) is 13.6. The maximum Gasteiger partial charge on any atom is 0.223 e. The molecule has 0 atom stereocenters. The Balaban J connectivity index is 0.000000479. The second-order valence-corrected chi connectivity index (χ2v) is 9.90. The Morgan fingerprint density at radius 3 is 2.26 bits per heavy atom. The zero-order chi connectivity index (χ0) is 31.1. The van der Waals surface area contributed by atoms with E-state index in [1.54, 1.807) is 13.4 Å². The summed E-state index contributed by atoms with van der Waals surface area (Å²) in [7, 11) is 7.60. The number of aryl methyl sites for hydroxylation is 3. The van der Waals surface area contributed by atoms with Crippen molar-refractivity contribution in [2.24, 2.45) is 7.05 Å². The van der Waals surface area contributed by atoms with Gasteiger partial charge in [-0.25, -0.2) is 9.97 Å². The Hall–Kier alpha value is -4.57. The number of aromatic nitrogens is 3. The number of rotatable bonds is 1. The number of carbonyl (C=O) groups is 3. The summed E-state index contributed by atoms with van der Waals surface area (Å²) in [4.78, 5) is 41.6. The summed E-state index contributed by atoms with van der Waals surface area (Å²) in [5.41, 5.74) is 5.40. The van der Waals surface area contributed by atoms with Gasteiger partial charge in [-0.1, -0.05) is 35.9 Å². The second-order valence-electron chi connectivity index (χ2n) is 9.90. The molecule has 2 aromatic heterocycles. The highest BCUT2D eigenvalue weighted by Gasteiger charge is 2.17. The lowest BCUT2D eigenvalue weighted by Gasteiger charge is -2.22. The first-order valence-corrected chi connectivity index (χ1v) is 13.6. The number of hydrogen-bond acceptors (Lipinski definition) is 8. The molecular weight excluding hydrogens is 532 g/mol. The molecule has 10 heteroatoms. The third-order valence-electron chi connectivity index (χ3n) is 6.83. The number of anilines is 2. The number of methoxy groups -OCH3 is 1. The fourth-order valence-electron chi connectivity index (χ4n) is 4.71. The van der Waals surface area contributed by atoms with Crippen LogP contribution in [0.2, 0.25) is 0 Å². The molecule has 2 bridgehead atoms. The summed E-state index contributed by atoms with van der Waals surface area (Å²) in [6, 6.07) is 16.3. The van der Waals surface area contributed by atoms with E-state index in [0.29, 0.717) is 19.5 Å². The smallest absolute Gasteiger partial charge is 0.223 e. The number of carbonyl (C=O) groups excluding carboxylic acids is 3. The molecule has 1 N–H and O–H groups in total. The van der Waals surface area contributed by atoms with E-state index in [0.717, 1.165) is 53.2 Å². The summed E-state index contributed by atoms with van der Waals surface area (Å²) in [6.07, 6.45) is 5.95. The van der Waals surface area contributed by atoms with Crippen LogP contribution >= 0.6 is 0 Å². The third-order valence-corrected chi connectivity index (χ3v) is 6.83. The first-order chi connectivity index (χ1) is 20.4. The SMILES string of the molecule is C=O.C=O.COc1ccc2cc1CN(C)CCC(=O)N(C)CCCc1cn(C)c3ncnc(c13)N2.Cc1ccccc1. The Labute approximate surface area is 248 Å². The van der Waals surface area contributed by atoms with Gasteiger partial charge in [0.15, 0.2) is 0 Å². The van der Waals surface area contributed by atoms with Gasteiger partial charge in [-0.05, 0) is 50.6 Å². The van der Waals surface area contributed by atoms with Gasteiger partial charge in [-0.2, -0.15) is 0 Å². The Bertz CT molecular complexity index is 1410. The monoisotopic (exact) mass is 574 g/mol. The summed E-state index contributed by atoms with van der Waals surface area (Å²) in [5, 5.41) is 4.53. The molecule has 42 heavy (non-hydrogen) atoms. The van der Waals surface area contributed by atoms with Crippen LogP contribution in [-0.2, 0) is 34.4 Å². The number of nitrogens with one attached hydrogen (secondary N) is 1. The summed E-state index contributed by atoms with van der Waals surface area (Å²) in [6.45, 7) is 8.19. The van der Waals surface area contributed by atoms with E-state index in [2.05, 4.69) is 51.5 Å². The third kappa shape index (κ3) is 9.24. The predicted octanol–water partition coefficient (Wildman–Crippen LogP) is 4.57. The van der Waals surface area contributed by atoms with Gasteiger partial charge in [0.05, 0.1) is 12.5 Å². The summed E-state index contributed by atoms with van der Waals surface area (Å²) >= 11 is 0. The van der Waals surface area contributed by atoms with Crippen LogP contribution < -0.4 is 10.1 Å². The molecule has 1 aliphatic rings. The average Bonchev–Trinajstić information content (AvgIpc) is 3.34. The molecule has 0 unspecified atom stereocenters. The highest BCUT2D eigenvalue weighted by atomic mass is 16.5. The summed E-state index contributed by atoms with van der Waals surface area (Å²) < 4.78 is 7.61. The fraction of sp³-hybridized carbons (Fsp3) is 0.344. The Kier molecular flexibility index (Phi) is 13.8. The van der Waals surface area contributed by atoms with Gasteiger partial charge in [-0.15, -0.1) is 0 Å². The number of amides is 1. The first kappa shape index (κ1) is 33.6. The normalized spacial score (nSPS) is 13.7. The zero-order valence-corrected chi connectivity index (χ0v) is 25.3. The van der Waals surface area contributed by atoms with Crippen molar-refractivity contribution in [2.45, 2.75) is 32.7 Å². The van der Waals surface area contributed by atoms with Gasteiger partial charge < -0.3 is 34.0 Å². The number of ether oxygens (including phenoxy) is 1. The van der Waals surface area contributed by atoms with Crippen LogP contribution in [0.5, 0.6) is 5.75 Å². The lowest BCUT2D eigenvalue weighted by Crippen LogP contribution is -2.31. The topological polar surface area (TPSA) is 110 Å². The predicted molar refractivity (Wildman–Crippen MR) is 167 cm³/mol. The molecule has 224 valence electrons. The molecule has 0 radical (unpaired) electrons. The maximum absolute atomic E-state index is 12.6. The van der Waals surface area contributed by atoms with Gasteiger partial charge in [0.1, 0.15) is 37.1 Å². The van der Waals surface area contributed by atoms with E-state index in [-0.39, 0.29) is 5.91 Å². The molecule has 3 heterocycles. The quantitative estimate of drug-likeness (QED) is 0.352. The van der Waals surface area contributed by atoms with Crippen molar-refractivity contribution in [1.82, 2.24) is 24.3 Å². The van der Waals surface area contributed by atoms with Gasteiger partial charge in [0.25, 0.3) is 0 Å². The number of hydrogen-bond donors (Lipinski definition) is 1. The van der Waals surface area contributed by atoms with Crippen LogP contribution in [0, 0.1) is 6.92 Å². The van der Waals surface area contributed by atoms with E-state index in [4.69, 9.17) is 14.3 Å². The lowest BCUT2D eigenvalue weighted by molar-refractivity contribution is -0.130. The minimum atomic E-state index is 0.170. The highest BCUT2D eigenvalue weighted by Crippen LogP contribution is 2.31. The molecule has 4 aromatic rings. The molecule has 10 nitrogen and oxygen atoms in total. The molecule has 5 rings (SSSR count). The Morgan fingerprint density at radius 1 is 0.905 bits per heavy atom. The molecule has 0 saturated heterocycles. The zero-order valence-electron chi connectivity index (χ0n) is 25.3. The molecule has 2 aromatic carbocycles. The van der Waals surface area contributed by atoms with E-state index in [1.807, 2.05) is 74.5 Å². The van der Waals surface area contributed by atoms with Gasteiger partial charge in [0, 0.05) is 57.6 Å². The fourth-order valence-corrected chi connectivity index (χ4v) is 4.71. The molecule has 1 aliphatic heterocycles. The average molecular weight is 575 g/mol. The van der Waals surface area contributed by atoms with Gasteiger partial charge in [0.2, 0.25) is 5.91 Å². The second kappa shape index (κ2) is 17.3. The van der Waals surface area contributed by atoms with Crippen LogP contribution in [0.4, 0.5) is 11.5 Å². The minimum Gasteiger partial charge on any atom is -0.496 e. The standard InChI is InChI=1S/C23H30N6O2.C7H8.2CH2O/c1-27-11-9-20(30)28(2)10-5-6-16-14-29(3)23-21(16)22(24-15-25-23)26-18-7-8-19(31-4)17(12-18)13-27;1-7-5-3-2-4-6-7;2*1-2/h7-8,12,14-15H,5-6,9-11,13H2,1-4H3,(H,24,25,26);2-6H,1H3;2*1H2. The van der Waals surface area contributed by atoms with Crippen LogP contribution in [0.1, 0.15) is 29.5 Å². The van der Waals surface area contributed by atoms with Crippen molar-refractivity contribution in [2.75, 3.05) is 39.6 Å². The van der Waals surface area contributed by atoms with Crippen molar-refractivity contribution in [1.29, 1.82) is 0 Å². The highest BCUT2D eigenvalue weighted by molar-refractivity contribution is 5.92. The van der Waals surface area contributed by atoms with E-state index in [9.17, 15) is 4.79 Å². The number of fused-ring (bicyclic) bond motifs is 2. The van der Waals surface area contributed by atoms with Crippen LogP contribution in [0.3, 0.4) is 0 Å². The molecule has 0 spiro atoms. The van der Waals surface area contributed by atoms with Crippen LogP contribution in [-0.4, -0.2) is 78.1 Å². The summed E-state index contributed by atoms with van der Waals surface area (Å²) in [5.74, 6) is 1.79. The van der Waals surface area contributed by atoms with E-state index >= 15 is 0 Å². The van der Waals surface area contributed by atoms with E-state index < -0.39 is 0 Å². The molecule has 0 fully saturated rings. The number of benzene rings is 2. The maximum atomic E-state index is 12.6. The van der Waals surface area contributed by atoms with Crippen molar-refractivity contribution in [3.8, 4) is 5.75 Å². The van der Waals surface area contributed by atoms with Crippen LogP contribution in [0.25, 0.3) is 11.0 Å². The van der Waals surface area contributed by atoms with E-state index in [1.165, 1.54) is 11.1 Å². The lowest BCUT2D eigenvalue weighted by atomic mass is 10.1. The van der Waals surface area contributed by atoms with Crippen molar-refractivity contribution in [3.05, 3.63) is 77.7 Å². The van der Waals surface area contributed by atoms with Crippen molar-refractivity contribution in [3.63, 3.8) is 0 Å². The van der Waals surface area contributed by atoms with Gasteiger partial charge in [-0.3, -0.25) is 4.79 Å². The molecule has 1 amide bonds. The molecular formula is C32H42N6O4. The van der Waals surface area contributed by atoms with Gasteiger partial charge >= 0.3 is 0 Å². The van der Waals surface area contributed by atoms with Crippen molar-refractivity contribution >= 4 is 42.0 Å². The van der Waals surface area contributed by atoms with Crippen LogP contribution in [0.15, 0.2) is 61.1 Å². The van der Waals surface area contributed by atoms with Crippen molar-refractivity contribution < 1.29 is 19.1 Å². The minimum absolute atomic E-state index is 0.170. The molecule has 0 aliphatic carbocycles.